The van der Waals surface area contributed by atoms with E-state index in [0.717, 1.165) is 26.1 Å². The van der Waals surface area contributed by atoms with E-state index in [4.69, 9.17) is 0 Å². The molecule has 0 amide bonds. The molecule has 2 heteroatoms. The molecule has 1 aliphatic heterocycles. The van der Waals surface area contributed by atoms with Crippen LogP contribution >= 0.6 is 0 Å². The monoisotopic (exact) mass is 270 g/mol. The van der Waals surface area contributed by atoms with Gasteiger partial charge in [0.05, 0.1) is 0 Å². The largest absolute Gasteiger partial charge is 0.355 e. The Kier molecular flexibility index (Phi) is 5.42. The minimum atomic E-state index is 0.299. The van der Waals surface area contributed by atoms with Crippen molar-refractivity contribution in [2.24, 2.45) is 5.41 Å². The standard InChI is InChI=1S/C18H26N2/c1-3-13-20(4-2)16-18(11-8-12-19-15-18)14-17-9-6-5-7-10-17/h3-7,9-10,13,19H,2,8,11-12,14-16H2,1H3/b13-3-. The Bertz CT molecular complexity index is 430. The SMILES string of the molecule is C=CN(/C=C\C)CC1(Cc2ccccc2)CCCNC1. The molecule has 0 radical (unpaired) electrons. The van der Waals surface area contributed by atoms with Crippen LogP contribution in [-0.2, 0) is 6.42 Å². The molecule has 0 aromatic heterocycles. The van der Waals surface area contributed by atoms with Gasteiger partial charge in [-0.2, -0.15) is 0 Å². The fourth-order valence-electron chi connectivity index (χ4n) is 3.16. The van der Waals surface area contributed by atoms with Crippen molar-refractivity contribution in [3.8, 4) is 0 Å². The molecular weight excluding hydrogens is 244 g/mol. The Hall–Kier alpha value is -1.54. The molecule has 1 N–H and O–H groups in total. The van der Waals surface area contributed by atoms with Gasteiger partial charge in [0.15, 0.2) is 0 Å². The van der Waals surface area contributed by atoms with E-state index in [1.54, 1.807) is 0 Å². The van der Waals surface area contributed by atoms with E-state index in [0.29, 0.717) is 5.41 Å². The number of rotatable bonds is 6. The third-order valence-corrected chi connectivity index (χ3v) is 4.08. The summed E-state index contributed by atoms with van der Waals surface area (Å²) in [4.78, 5) is 2.22. The molecule has 108 valence electrons. The lowest BCUT2D eigenvalue weighted by Crippen LogP contribution is -2.47. The first-order chi connectivity index (χ1) is 9.78. The van der Waals surface area contributed by atoms with Crippen LogP contribution in [0.2, 0.25) is 0 Å². The summed E-state index contributed by atoms with van der Waals surface area (Å²) in [5, 5.41) is 3.58. The normalized spacial score (nSPS) is 22.9. The molecule has 0 bridgehead atoms. The zero-order valence-corrected chi connectivity index (χ0v) is 12.5. The van der Waals surface area contributed by atoms with Gasteiger partial charge in [0, 0.05) is 18.5 Å². The number of allylic oxidation sites excluding steroid dienone is 1. The van der Waals surface area contributed by atoms with E-state index in [-0.39, 0.29) is 0 Å². The first kappa shape index (κ1) is 14.9. The smallest absolute Gasteiger partial charge is 0.0291 e. The highest BCUT2D eigenvalue weighted by Crippen LogP contribution is 2.32. The molecule has 1 aromatic carbocycles. The average Bonchev–Trinajstić information content (AvgIpc) is 2.48. The summed E-state index contributed by atoms with van der Waals surface area (Å²) in [7, 11) is 0. The van der Waals surface area contributed by atoms with Crippen LogP contribution in [-0.4, -0.2) is 24.5 Å². The quantitative estimate of drug-likeness (QED) is 0.850. The average molecular weight is 270 g/mol. The number of piperidine rings is 1. The van der Waals surface area contributed by atoms with Gasteiger partial charge in [-0.1, -0.05) is 43.0 Å². The Labute approximate surface area is 123 Å². The van der Waals surface area contributed by atoms with Crippen LogP contribution in [0.1, 0.15) is 25.3 Å². The van der Waals surface area contributed by atoms with Crippen LogP contribution in [0.5, 0.6) is 0 Å². The summed E-state index contributed by atoms with van der Waals surface area (Å²) in [5.41, 5.74) is 1.73. The Morgan fingerprint density at radius 1 is 1.35 bits per heavy atom. The fourth-order valence-corrected chi connectivity index (χ4v) is 3.16. The van der Waals surface area contributed by atoms with E-state index in [1.807, 2.05) is 6.20 Å². The van der Waals surface area contributed by atoms with E-state index in [1.165, 1.54) is 18.4 Å². The van der Waals surface area contributed by atoms with Crippen LogP contribution in [0.4, 0.5) is 0 Å². The van der Waals surface area contributed by atoms with Gasteiger partial charge in [0.1, 0.15) is 0 Å². The van der Waals surface area contributed by atoms with Gasteiger partial charge in [0.25, 0.3) is 0 Å². The minimum Gasteiger partial charge on any atom is -0.355 e. The van der Waals surface area contributed by atoms with Gasteiger partial charge in [0.2, 0.25) is 0 Å². The molecule has 1 fully saturated rings. The molecule has 2 rings (SSSR count). The predicted molar refractivity (Wildman–Crippen MR) is 86.4 cm³/mol. The molecule has 1 saturated heterocycles. The molecule has 0 aliphatic carbocycles. The number of benzene rings is 1. The Morgan fingerprint density at radius 2 is 2.15 bits per heavy atom. The van der Waals surface area contributed by atoms with Crippen molar-refractivity contribution in [1.29, 1.82) is 0 Å². The van der Waals surface area contributed by atoms with Crippen molar-refractivity contribution in [2.75, 3.05) is 19.6 Å². The molecule has 1 atom stereocenters. The second-order valence-electron chi connectivity index (χ2n) is 5.78. The first-order valence-electron chi connectivity index (χ1n) is 7.54. The lowest BCUT2D eigenvalue weighted by atomic mass is 9.75. The number of hydrogen-bond donors (Lipinski definition) is 1. The van der Waals surface area contributed by atoms with Crippen molar-refractivity contribution in [3.63, 3.8) is 0 Å². The third kappa shape index (κ3) is 3.97. The van der Waals surface area contributed by atoms with Gasteiger partial charge in [-0.05, 0) is 50.7 Å². The highest BCUT2D eigenvalue weighted by Gasteiger charge is 2.33. The highest BCUT2D eigenvalue weighted by atomic mass is 15.1. The zero-order valence-electron chi connectivity index (χ0n) is 12.5. The van der Waals surface area contributed by atoms with Crippen molar-refractivity contribution >= 4 is 0 Å². The Balaban J connectivity index is 2.14. The molecule has 1 aliphatic rings. The molecule has 20 heavy (non-hydrogen) atoms. The van der Waals surface area contributed by atoms with Gasteiger partial charge in [-0.25, -0.2) is 0 Å². The topological polar surface area (TPSA) is 15.3 Å². The number of nitrogens with one attached hydrogen (secondary N) is 1. The summed E-state index contributed by atoms with van der Waals surface area (Å²) >= 11 is 0. The summed E-state index contributed by atoms with van der Waals surface area (Å²) in [6, 6.07) is 10.8. The summed E-state index contributed by atoms with van der Waals surface area (Å²) in [5.74, 6) is 0. The van der Waals surface area contributed by atoms with Crippen LogP contribution in [0.25, 0.3) is 0 Å². The first-order valence-corrected chi connectivity index (χ1v) is 7.54. The maximum atomic E-state index is 3.94. The van der Waals surface area contributed by atoms with E-state index in [2.05, 4.69) is 66.3 Å². The van der Waals surface area contributed by atoms with E-state index in [9.17, 15) is 0 Å². The molecule has 0 saturated carbocycles. The summed E-state index contributed by atoms with van der Waals surface area (Å²) in [6.07, 6.45) is 9.79. The van der Waals surface area contributed by atoms with Crippen molar-refractivity contribution in [2.45, 2.75) is 26.2 Å². The van der Waals surface area contributed by atoms with Gasteiger partial charge in [-0.15, -0.1) is 0 Å². The maximum absolute atomic E-state index is 3.94. The lowest BCUT2D eigenvalue weighted by Gasteiger charge is -2.40. The zero-order chi connectivity index (χ0) is 14.3. The third-order valence-electron chi connectivity index (χ3n) is 4.08. The highest BCUT2D eigenvalue weighted by molar-refractivity contribution is 5.17. The van der Waals surface area contributed by atoms with Gasteiger partial charge in [-0.3, -0.25) is 0 Å². The second kappa shape index (κ2) is 7.30. The lowest BCUT2D eigenvalue weighted by molar-refractivity contribution is 0.166. The fraction of sp³-hybridized carbons (Fsp3) is 0.444. The maximum Gasteiger partial charge on any atom is 0.0291 e. The minimum absolute atomic E-state index is 0.299. The predicted octanol–water partition coefficient (Wildman–Crippen LogP) is 3.58. The molecule has 1 aromatic rings. The van der Waals surface area contributed by atoms with Crippen LogP contribution in [0, 0.1) is 5.41 Å². The van der Waals surface area contributed by atoms with E-state index >= 15 is 0 Å². The van der Waals surface area contributed by atoms with E-state index < -0.39 is 0 Å². The number of nitrogens with zero attached hydrogens (tertiary/aromatic N) is 1. The van der Waals surface area contributed by atoms with Crippen molar-refractivity contribution in [1.82, 2.24) is 10.2 Å². The van der Waals surface area contributed by atoms with Crippen LogP contribution in [0.3, 0.4) is 0 Å². The number of hydrogen-bond acceptors (Lipinski definition) is 2. The summed E-state index contributed by atoms with van der Waals surface area (Å²) in [6.45, 7) is 9.26. The van der Waals surface area contributed by atoms with Gasteiger partial charge >= 0.3 is 0 Å². The summed E-state index contributed by atoms with van der Waals surface area (Å²) < 4.78 is 0. The molecular formula is C18H26N2. The van der Waals surface area contributed by atoms with Crippen molar-refractivity contribution in [3.05, 3.63) is 61.0 Å². The molecule has 1 unspecified atom stereocenters. The van der Waals surface area contributed by atoms with Crippen LogP contribution < -0.4 is 5.32 Å². The molecule has 1 heterocycles. The Morgan fingerprint density at radius 3 is 2.75 bits per heavy atom. The van der Waals surface area contributed by atoms with Crippen molar-refractivity contribution < 1.29 is 0 Å². The van der Waals surface area contributed by atoms with Crippen LogP contribution in [0.15, 0.2) is 55.4 Å². The second-order valence-corrected chi connectivity index (χ2v) is 5.78. The van der Waals surface area contributed by atoms with Gasteiger partial charge < -0.3 is 10.2 Å². The molecule has 0 spiro atoms. The molecule has 2 nitrogen and oxygen atoms in total.